The second kappa shape index (κ2) is 14.4. The summed E-state index contributed by atoms with van der Waals surface area (Å²) in [5.41, 5.74) is 10.4. The topological polar surface area (TPSA) is 197 Å². The molecule has 0 aliphatic carbocycles. The minimum Gasteiger partial charge on any atom is -0.444 e. The maximum absolute atomic E-state index is 10.4. The van der Waals surface area contributed by atoms with Crippen LogP contribution in [-0.2, 0) is 4.74 Å². The third kappa shape index (κ3) is 10.9. The Hall–Kier alpha value is -4.03. The fraction of sp³-hybridized carbons (Fsp3) is 0.522. The molecule has 0 unspecified atom stereocenters. The van der Waals surface area contributed by atoms with Crippen molar-refractivity contribution >= 4 is 12.0 Å². The lowest BCUT2D eigenvalue weighted by Gasteiger charge is -2.03. The zero-order chi connectivity index (χ0) is 27.4. The van der Waals surface area contributed by atoms with E-state index in [2.05, 4.69) is 51.1 Å². The van der Waals surface area contributed by atoms with Crippen molar-refractivity contribution in [1.82, 2.24) is 30.7 Å². The van der Waals surface area contributed by atoms with Gasteiger partial charge in [-0.25, -0.2) is 4.79 Å². The minimum absolute atomic E-state index is 0.138. The van der Waals surface area contributed by atoms with E-state index in [4.69, 9.17) is 29.5 Å². The molecule has 0 aromatic carbocycles. The van der Waals surface area contributed by atoms with Crippen LogP contribution >= 0.6 is 0 Å². The Morgan fingerprint density at radius 1 is 0.778 bits per heavy atom. The number of nitrogens with two attached hydrogens (primary N) is 2. The van der Waals surface area contributed by atoms with E-state index in [1.807, 2.05) is 47.7 Å². The van der Waals surface area contributed by atoms with E-state index < -0.39 is 0 Å². The van der Waals surface area contributed by atoms with Crippen molar-refractivity contribution < 1.29 is 18.0 Å². The van der Waals surface area contributed by atoms with Gasteiger partial charge in [0.2, 0.25) is 11.8 Å². The number of H-pyrrole nitrogens is 1. The summed E-state index contributed by atoms with van der Waals surface area (Å²) in [7, 11) is 0. The van der Waals surface area contributed by atoms with Gasteiger partial charge in [-0.1, -0.05) is 65.6 Å². The molecule has 1 aliphatic rings. The first-order chi connectivity index (χ1) is 16.8. The summed E-state index contributed by atoms with van der Waals surface area (Å²) in [6.07, 6.45) is 3.43. The summed E-state index contributed by atoms with van der Waals surface area (Å²) in [6, 6.07) is 0.275. The van der Waals surface area contributed by atoms with Gasteiger partial charge in [0.25, 0.3) is 0 Å². The zero-order valence-corrected chi connectivity index (χ0v) is 22.2. The smallest absolute Gasteiger partial charge is 0.416 e. The third-order valence-corrected chi connectivity index (χ3v) is 4.20. The van der Waals surface area contributed by atoms with Crippen LogP contribution in [0.15, 0.2) is 48.7 Å². The summed E-state index contributed by atoms with van der Waals surface area (Å²) in [6.45, 7) is 19.5. The molecule has 3 aromatic heterocycles. The lowest BCUT2D eigenvalue weighted by Crippen LogP contribution is -1.95. The number of hydrogen-bond acceptors (Lipinski definition) is 12. The van der Waals surface area contributed by atoms with E-state index in [9.17, 15) is 4.79 Å². The van der Waals surface area contributed by atoms with Gasteiger partial charge in [-0.05, 0) is 6.58 Å². The van der Waals surface area contributed by atoms with Crippen LogP contribution in [0.3, 0.4) is 0 Å². The molecule has 4 heterocycles. The molecule has 3 aromatic rings. The molecular formula is C23H38N8O5. The van der Waals surface area contributed by atoms with Crippen LogP contribution < -0.4 is 22.5 Å². The van der Waals surface area contributed by atoms with Crippen molar-refractivity contribution in [3.63, 3.8) is 0 Å². The Bertz CT molecular complexity index is 1090. The molecule has 0 bridgehead atoms. The number of aromatic amines is 1. The van der Waals surface area contributed by atoms with E-state index in [0.29, 0.717) is 29.3 Å². The van der Waals surface area contributed by atoms with Crippen molar-refractivity contribution in [1.29, 1.82) is 0 Å². The number of allylic oxidation sites excluding steroid dienone is 1. The van der Waals surface area contributed by atoms with Crippen LogP contribution in [-0.4, -0.2) is 25.4 Å². The molecule has 4 rings (SSSR count). The van der Waals surface area contributed by atoms with Crippen LogP contribution in [0.25, 0.3) is 0 Å². The summed E-state index contributed by atoms with van der Waals surface area (Å²) in [5, 5.41) is 17.2. The van der Waals surface area contributed by atoms with Gasteiger partial charge in [-0.15, -0.1) is 10.2 Å². The van der Waals surface area contributed by atoms with E-state index in [1.165, 1.54) is 0 Å². The lowest BCUT2D eigenvalue weighted by atomic mass is 10.2. The van der Waals surface area contributed by atoms with Crippen molar-refractivity contribution in [3.8, 4) is 0 Å². The monoisotopic (exact) mass is 506 g/mol. The van der Waals surface area contributed by atoms with Crippen molar-refractivity contribution in [2.24, 2.45) is 5.92 Å². The first-order valence-electron chi connectivity index (χ1n) is 11.5. The second-order valence-electron chi connectivity index (χ2n) is 8.87. The largest absolute Gasteiger partial charge is 0.444 e. The molecular weight excluding hydrogens is 468 g/mol. The highest BCUT2D eigenvalue weighted by Crippen LogP contribution is 2.17. The molecule has 0 radical (unpaired) electrons. The number of oxazole rings is 1. The van der Waals surface area contributed by atoms with Crippen LogP contribution in [0.2, 0.25) is 0 Å². The predicted octanol–water partition coefficient (Wildman–Crippen LogP) is 4.22. The van der Waals surface area contributed by atoms with E-state index >= 15 is 0 Å². The van der Waals surface area contributed by atoms with Gasteiger partial charge in [0.1, 0.15) is 11.5 Å². The van der Waals surface area contributed by atoms with Gasteiger partial charge in [0.05, 0.1) is 0 Å². The van der Waals surface area contributed by atoms with Crippen molar-refractivity contribution in [3.05, 3.63) is 58.7 Å². The normalized spacial score (nSPS) is 12.2. The standard InChI is InChI=1S/C7H11NO.C6H9NO2.2C5H9N3O/c1-5(2)7-4-8-6(3)9-7;1-4(2)5-3-7-6(8)9-5;2*1-3(2)4-7-8-5(6)9-4/h4-5,8H,3H2,1-2H3;3-4H,1-2H3,(H,7,8);2*3H,1-2H3,(H2,6,8). The predicted molar refractivity (Wildman–Crippen MR) is 135 cm³/mol. The van der Waals surface area contributed by atoms with Crippen LogP contribution in [0.1, 0.15) is 90.7 Å². The zero-order valence-electron chi connectivity index (χ0n) is 22.2. The number of anilines is 2. The van der Waals surface area contributed by atoms with Gasteiger partial charge in [-0.2, -0.15) is 0 Å². The van der Waals surface area contributed by atoms with Gasteiger partial charge < -0.3 is 34.8 Å². The van der Waals surface area contributed by atoms with Crippen LogP contribution in [0, 0.1) is 5.92 Å². The van der Waals surface area contributed by atoms with E-state index in [-0.39, 0.29) is 35.5 Å². The Kier molecular flexibility index (Phi) is 12.0. The molecule has 0 fully saturated rings. The van der Waals surface area contributed by atoms with Crippen molar-refractivity contribution in [2.75, 3.05) is 11.5 Å². The van der Waals surface area contributed by atoms with Crippen LogP contribution in [0.5, 0.6) is 0 Å². The Labute approximate surface area is 210 Å². The number of nitrogens with zero attached hydrogens (tertiary/aromatic N) is 4. The number of aromatic nitrogens is 5. The quantitative estimate of drug-likeness (QED) is 0.393. The Morgan fingerprint density at radius 3 is 1.44 bits per heavy atom. The molecule has 0 saturated carbocycles. The molecule has 13 heteroatoms. The number of rotatable bonds is 4. The van der Waals surface area contributed by atoms with Crippen molar-refractivity contribution in [2.45, 2.75) is 73.1 Å². The van der Waals surface area contributed by atoms with Gasteiger partial charge in [-0.3, -0.25) is 4.98 Å². The number of nitrogen functional groups attached to an aromatic ring is 2. The molecule has 1 aliphatic heterocycles. The number of nitrogens with one attached hydrogen (secondary N) is 2. The maximum atomic E-state index is 10.4. The summed E-state index contributed by atoms with van der Waals surface area (Å²) in [5.74, 6) is 4.34. The molecule has 0 atom stereocenters. The fourth-order valence-corrected chi connectivity index (χ4v) is 2.18. The molecule has 200 valence electrons. The fourth-order valence-electron chi connectivity index (χ4n) is 2.18. The Balaban J connectivity index is 0.000000240. The molecule has 0 amide bonds. The third-order valence-electron chi connectivity index (χ3n) is 4.20. The van der Waals surface area contributed by atoms with Gasteiger partial charge >= 0.3 is 17.8 Å². The maximum Gasteiger partial charge on any atom is 0.416 e. The Morgan fingerprint density at radius 2 is 1.28 bits per heavy atom. The average molecular weight is 507 g/mol. The molecule has 6 N–H and O–H groups in total. The highest BCUT2D eigenvalue weighted by molar-refractivity contribution is 5.09. The van der Waals surface area contributed by atoms with E-state index in [1.54, 1.807) is 6.20 Å². The first kappa shape index (κ1) is 30.0. The highest BCUT2D eigenvalue weighted by atomic mass is 16.5. The lowest BCUT2D eigenvalue weighted by molar-refractivity contribution is 0.280. The average Bonchev–Trinajstić information content (AvgIpc) is 3.58. The SMILES string of the molecule is C=C1NC=C(C(C)C)O1.CC(C)c1c[nH]c(=O)o1.CC(C)c1nnc(N)o1.CC(C)c1nnc(N)o1. The van der Waals surface area contributed by atoms with Crippen LogP contribution in [0.4, 0.5) is 12.0 Å². The summed E-state index contributed by atoms with van der Waals surface area (Å²) in [4.78, 5) is 12.8. The van der Waals surface area contributed by atoms with Gasteiger partial charge in [0.15, 0.2) is 5.88 Å². The summed E-state index contributed by atoms with van der Waals surface area (Å²) >= 11 is 0. The van der Waals surface area contributed by atoms with Gasteiger partial charge in [0, 0.05) is 36.1 Å². The molecule has 0 saturated heterocycles. The molecule has 13 nitrogen and oxygen atoms in total. The second-order valence-corrected chi connectivity index (χ2v) is 8.87. The highest BCUT2D eigenvalue weighted by Gasteiger charge is 2.11. The molecule has 36 heavy (non-hydrogen) atoms. The first-order valence-corrected chi connectivity index (χ1v) is 11.5. The number of ether oxygens (including phenoxy) is 1. The summed E-state index contributed by atoms with van der Waals surface area (Å²) < 4.78 is 19.7. The number of hydrogen-bond donors (Lipinski definition) is 4. The van der Waals surface area contributed by atoms with E-state index in [0.717, 1.165) is 5.76 Å². The minimum atomic E-state index is -0.376. The molecule has 0 spiro atoms.